The van der Waals surface area contributed by atoms with Gasteiger partial charge < -0.3 is 14.9 Å². The van der Waals surface area contributed by atoms with Crippen LogP contribution in [0.15, 0.2) is 0 Å². The molecule has 6 nitrogen and oxygen atoms in total. The first kappa shape index (κ1) is 14.4. The molecule has 0 aromatic rings. The van der Waals surface area contributed by atoms with Gasteiger partial charge in [-0.3, -0.25) is 14.4 Å². The summed E-state index contributed by atoms with van der Waals surface area (Å²) in [6.07, 6.45) is 0.728. The number of carbonyl (C=O) groups is 3. The van der Waals surface area contributed by atoms with Gasteiger partial charge in [0, 0.05) is 0 Å². The number of carboxylic acids is 2. The average Bonchev–Trinajstić information content (AvgIpc) is 2.22. The van der Waals surface area contributed by atoms with Crippen LogP contribution >= 0.6 is 0 Å². The van der Waals surface area contributed by atoms with Crippen LogP contribution in [-0.4, -0.2) is 35.2 Å². The number of carboxylic acid groups (broad SMARTS) is 2. The molecule has 0 aliphatic heterocycles. The van der Waals surface area contributed by atoms with Crippen molar-refractivity contribution in [1.29, 1.82) is 0 Å². The van der Waals surface area contributed by atoms with E-state index in [0.717, 1.165) is 7.11 Å². The maximum Gasteiger partial charge on any atom is 0.320 e. The van der Waals surface area contributed by atoms with Gasteiger partial charge in [0.05, 0.1) is 13.0 Å². The Morgan fingerprint density at radius 1 is 1.19 bits per heavy atom. The first-order valence-corrected chi connectivity index (χ1v) is 4.97. The van der Waals surface area contributed by atoms with Gasteiger partial charge in [-0.2, -0.15) is 0 Å². The number of hydrogen-bond donors (Lipinski definition) is 2. The summed E-state index contributed by atoms with van der Waals surface area (Å²) in [6.45, 7) is 1.80. The molecule has 0 aliphatic rings. The van der Waals surface area contributed by atoms with Gasteiger partial charge in [0.15, 0.2) is 5.92 Å². The van der Waals surface area contributed by atoms with E-state index in [2.05, 4.69) is 4.74 Å². The van der Waals surface area contributed by atoms with E-state index in [4.69, 9.17) is 10.2 Å². The van der Waals surface area contributed by atoms with Gasteiger partial charge in [0.1, 0.15) is 0 Å². The van der Waals surface area contributed by atoms with E-state index in [0.29, 0.717) is 12.8 Å². The number of aliphatic carboxylic acids is 2. The predicted molar refractivity (Wildman–Crippen MR) is 53.8 cm³/mol. The summed E-state index contributed by atoms with van der Waals surface area (Å²) in [7, 11) is 1.08. The topological polar surface area (TPSA) is 101 Å². The molecule has 0 rings (SSSR count). The number of ether oxygens (including phenoxy) is 1. The van der Waals surface area contributed by atoms with Gasteiger partial charge in [-0.05, 0) is 12.8 Å². The van der Waals surface area contributed by atoms with E-state index >= 15 is 0 Å². The van der Waals surface area contributed by atoms with Crippen LogP contribution in [0.3, 0.4) is 0 Å². The maximum atomic E-state index is 11.1. The summed E-state index contributed by atoms with van der Waals surface area (Å²) in [5.41, 5.74) is 0. The Bertz CT molecular complexity index is 272. The zero-order valence-electron chi connectivity index (χ0n) is 9.30. The quantitative estimate of drug-likeness (QED) is 0.496. The van der Waals surface area contributed by atoms with Crippen LogP contribution in [0.1, 0.15) is 26.2 Å². The standard InChI is InChI=1S/C10H16O6/c1-3-4-6(8(11)12)5-7(9(13)14)10(15)16-2/h6-7H,3-5H2,1-2H3,(H,11,12)(H,13,14). The summed E-state index contributed by atoms with van der Waals surface area (Å²) in [4.78, 5) is 32.7. The molecule has 0 fully saturated rings. The average molecular weight is 232 g/mol. The normalized spacial score (nSPS) is 13.9. The van der Waals surface area contributed by atoms with Gasteiger partial charge in [-0.1, -0.05) is 13.3 Å². The SMILES string of the molecule is CCCC(CC(C(=O)O)C(=O)OC)C(=O)O. The molecule has 16 heavy (non-hydrogen) atoms. The molecule has 92 valence electrons. The molecule has 2 atom stereocenters. The third-order valence-corrected chi connectivity index (χ3v) is 2.29. The van der Waals surface area contributed by atoms with Crippen molar-refractivity contribution in [2.75, 3.05) is 7.11 Å². The first-order valence-electron chi connectivity index (χ1n) is 4.97. The van der Waals surface area contributed by atoms with E-state index < -0.39 is 29.7 Å². The molecule has 0 aromatic carbocycles. The lowest BCUT2D eigenvalue weighted by atomic mass is 9.91. The van der Waals surface area contributed by atoms with Crippen LogP contribution in [-0.2, 0) is 19.1 Å². The largest absolute Gasteiger partial charge is 0.481 e. The summed E-state index contributed by atoms with van der Waals surface area (Å²) in [6, 6.07) is 0. The summed E-state index contributed by atoms with van der Waals surface area (Å²) in [5.74, 6) is -5.58. The second-order valence-corrected chi connectivity index (χ2v) is 3.47. The molecule has 0 bridgehead atoms. The molecule has 0 aliphatic carbocycles. The number of carbonyl (C=O) groups excluding carboxylic acids is 1. The first-order chi connectivity index (χ1) is 7.43. The number of esters is 1. The van der Waals surface area contributed by atoms with Crippen LogP contribution in [0.5, 0.6) is 0 Å². The molecule has 0 saturated heterocycles. The zero-order valence-corrected chi connectivity index (χ0v) is 9.30. The molecule has 0 radical (unpaired) electrons. The van der Waals surface area contributed by atoms with E-state index in [1.165, 1.54) is 0 Å². The van der Waals surface area contributed by atoms with Crippen LogP contribution in [0.4, 0.5) is 0 Å². The zero-order chi connectivity index (χ0) is 12.7. The Morgan fingerprint density at radius 3 is 2.06 bits per heavy atom. The number of rotatable bonds is 7. The minimum atomic E-state index is -1.40. The van der Waals surface area contributed by atoms with Crippen molar-refractivity contribution in [2.24, 2.45) is 11.8 Å². The monoisotopic (exact) mass is 232 g/mol. The third kappa shape index (κ3) is 4.29. The molecular weight excluding hydrogens is 216 g/mol. The van der Waals surface area contributed by atoms with Crippen molar-refractivity contribution in [3.63, 3.8) is 0 Å². The second kappa shape index (κ2) is 6.81. The Labute approximate surface area is 93.2 Å². The van der Waals surface area contributed by atoms with Crippen LogP contribution in [0.2, 0.25) is 0 Å². The van der Waals surface area contributed by atoms with Crippen molar-refractivity contribution in [3.8, 4) is 0 Å². The van der Waals surface area contributed by atoms with E-state index in [1.54, 1.807) is 6.92 Å². The lowest BCUT2D eigenvalue weighted by Gasteiger charge is -2.15. The van der Waals surface area contributed by atoms with Gasteiger partial charge in [-0.25, -0.2) is 0 Å². The van der Waals surface area contributed by atoms with Crippen molar-refractivity contribution in [3.05, 3.63) is 0 Å². The number of hydrogen-bond acceptors (Lipinski definition) is 4. The Hall–Kier alpha value is -1.59. The maximum absolute atomic E-state index is 11.1. The van der Waals surface area contributed by atoms with Crippen molar-refractivity contribution >= 4 is 17.9 Å². The summed E-state index contributed by atoms with van der Waals surface area (Å²) in [5, 5.41) is 17.6. The fourth-order valence-electron chi connectivity index (χ4n) is 1.42. The Kier molecular flexibility index (Phi) is 6.14. The van der Waals surface area contributed by atoms with Crippen molar-refractivity contribution in [2.45, 2.75) is 26.2 Å². The summed E-state index contributed by atoms with van der Waals surface area (Å²) >= 11 is 0. The minimum Gasteiger partial charge on any atom is -0.481 e. The molecule has 0 saturated carbocycles. The van der Waals surface area contributed by atoms with Gasteiger partial charge in [0.2, 0.25) is 0 Å². The van der Waals surface area contributed by atoms with E-state index in [-0.39, 0.29) is 6.42 Å². The molecule has 6 heteroatoms. The highest BCUT2D eigenvalue weighted by Gasteiger charge is 2.32. The summed E-state index contributed by atoms with van der Waals surface area (Å²) < 4.78 is 4.32. The minimum absolute atomic E-state index is 0.231. The smallest absolute Gasteiger partial charge is 0.320 e. The highest BCUT2D eigenvalue weighted by atomic mass is 16.5. The fourth-order valence-corrected chi connectivity index (χ4v) is 1.42. The highest BCUT2D eigenvalue weighted by molar-refractivity contribution is 5.94. The van der Waals surface area contributed by atoms with Gasteiger partial charge >= 0.3 is 17.9 Å². The lowest BCUT2D eigenvalue weighted by Crippen LogP contribution is -2.29. The number of methoxy groups -OCH3 is 1. The van der Waals surface area contributed by atoms with Crippen molar-refractivity contribution in [1.82, 2.24) is 0 Å². The highest BCUT2D eigenvalue weighted by Crippen LogP contribution is 2.19. The second-order valence-electron chi connectivity index (χ2n) is 3.47. The predicted octanol–water partition coefficient (Wildman–Crippen LogP) is 0.751. The molecule has 2 N–H and O–H groups in total. The lowest BCUT2D eigenvalue weighted by molar-refractivity contribution is -0.158. The van der Waals surface area contributed by atoms with Crippen LogP contribution in [0.25, 0.3) is 0 Å². The Balaban J connectivity index is 4.64. The fraction of sp³-hybridized carbons (Fsp3) is 0.700. The van der Waals surface area contributed by atoms with Crippen molar-refractivity contribution < 1.29 is 29.3 Å². The molecular formula is C10H16O6. The van der Waals surface area contributed by atoms with Gasteiger partial charge in [-0.15, -0.1) is 0 Å². The molecule has 2 unspecified atom stereocenters. The van der Waals surface area contributed by atoms with E-state index in [1.807, 2.05) is 0 Å². The van der Waals surface area contributed by atoms with Gasteiger partial charge in [0.25, 0.3) is 0 Å². The molecule has 0 heterocycles. The van der Waals surface area contributed by atoms with Crippen LogP contribution < -0.4 is 0 Å². The molecule has 0 spiro atoms. The van der Waals surface area contributed by atoms with Crippen LogP contribution in [0, 0.1) is 11.8 Å². The Morgan fingerprint density at radius 2 is 1.75 bits per heavy atom. The van der Waals surface area contributed by atoms with E-state index in [9.17, 15) is 14.4 Å². The third-order valence-electron chi connectivity index (χ3n) is 2.29. The molecule has 0 amide bonds. The molecule has 0 aromatic heterocycles.